The van der Waals surface area contributed by atoms with Gasteiger partial charge in [-0.2, -0.15) is 5.10 Å². The van der Waals surface area contributed by atoms with Crippen molar-refractivity contribution in [2.24, 2.45) is 0 Å². The van der Waals surface area contributed by atoms with Crippen molar-refractivity contribution in [2.45, 2.75) is 44.4 Å². The summed E-state index contributed by atoms with van der Waals surface area (Å²) in [5, 5.41) is 4.31. The van der Waals surface area contributed by atoms with Crippen molar-refractivity contribution >= 4 is 5.91 Å². The summed E-state index contributed by atoms with van der Waals surface area (Å²) >= 11 is 0. The van der Waals surface area contributed by atoms with E-state index in [4.69, 9.17) is 9.47 Å². The van der Waals surface area contributed by atoms with Gasteiger partial charge in [0.1, 0.15) is 18.1 Å². The summed E-state index contributed by atoms with van der Waals surface area (Å²) < 4.78 is 12.8. The molecule has 7 heteroatoms. The number of benzene rings is 1. The summed E-state index contributed by atoms with van der Waals surface area (Å²) in [5.41, 5.74) is 0.0521. The minimum Gasteiger partial charge on any atom is -0.492 e. The third kappa shape index (κ3) is 4.09. The number of para-hydroxylation sites is 1. The Bertz CT molecular complexity index is 865. The van der Waals surface area contributed by atoms with Crippen molar-refractivity contribution in [2.75, 3.05) is 19.8 Å². The van der Waals surface area contributed by atoms with Crippen LogP contribution in [0.4, 0.5) is 0 Å². The molecular weight excluding hydrogens is 358 g/mol. The van der Waals surface area contributed by atoms with Crippen molar-refractivity contribution in [1.29, 1.82) is 0 Å². The lowest BCUT2D eigenvalue weighted by molar-refractivity contribution is -0.0754. The predicted molar refractivity (Wildman–Crippen MR) is 103 cm³/mol. The molecule has 2 unspecified atom stereocenters. The molecule has 1 aliphatic heterocycles. The Morgan fingerprint density at radius 1 is 1.14 bits per heavy atom. The van der Waals surface area contributed by atoms with Crippen molar-refractivity contribution in [3.63, 3.8) is 0 Å². The van der Waals surface area contributed by atoms with Crippen molar-refractivity contribution < 1.29 is 14.3 Å². The summed E-state index contributed by atoms with van der Waals surface area (Å²) in [6.45, 7) is 1.70. The summed E-state index contributed by atoms with van der Waals surface area (Å²) in [5.74, 6) is 0.609. The lowest BCUT2D eigenvalue weighted by Crippen LogP contribution is -2.55. The topological polar surface area (TPSA) is 73.7 Å². The summed E-state index contributed by atoms with van der Waals surface area (Å²) in [4.78, 5) is 27.1. The maximum absolute atomic E-state index is 13.1. The summed E-state index contributed by atoms with van der Waals surface area (Å²) in [7, 11) is 0. The van der Waals surface area contributed by atoms with Gasteiger partial charge < -0.3 is 14.4 Å². The van der Waals surface area contributed by atoms with Crippen molar-refractivity contribution in [3.05, 3.63) is 58.5 Å². The second-order valence-electron chi connectivity index (χ2n) is 7.20. The van der Waals surface area contributed by atoms with Gasteiger partial charge in [0.15, 0.2) is 0 Å². The quantitative estimate of drug-likeness (QED) is 0.791. The van der Waals surface area contributed by atoms with Gasteiger partial charge in [0.25, 0.3) is 11.5 Å². The highest BCUT2D eigenvalue weighted by atomic mass is 16.5. The number of fused-ring (bicyclic) bond motifs is 1. The smallest absolute Gasteiger partial charge is 0.274 e. The van der Waals surface area contributed by atoms with Crippen LogP contribution in [0.2, 0.25) is 0 Å². The number of rotatable bonds is 5. The molecule has 1 amide bonds. The number of carbonyl (C=O) groups excluding carboxylic acids is 1. The molecule has 2 heterocycles. The van der Waals surface area contributed by atoms with Gasteiger partial charge in [-0.15, -0.1) is 0 Å². The van der Waals surface area contributed by atoms with Gasteiger partial charge in [-0.3, -0.25) is 9.59 Å². The zero-order valence-corrected chi connectivity index (χ0v) is 15.8. The van der Waals surface area contributed by atoms with E-state index in [0.29, 0.717) is 25.5 Å². The largest absolute Gasteiger partial charge is 0.492 e. The van der Waals surface area contributed by atoms with Crippen LogP contribution in [0.3, 0.4) is 0 Å². The van der Waals surface area contributed by atoms with Crippen molar-refractivity contribution in [3.8, 4) is 5.75 Å². The van der Waals surface area contributed by atoms with Crippen LogP contribution in [-0.4, -0.2) is 52.5 Å². The van der Waals surface area contributed by atoms with E-state index in [9.17, 15) is 9.59 Å². The van der Waals surface area contributed by atoms with Crippen LogP contribution in [0.25, 0.3) is 0 Å². The fourth-order valence-corrected chi connectivity index (χ4v) is 3.99. The molecule has 1 aromatic carbocycles. The number of amides is 1. The fourth-order valence-electron chi connectivity index (χ4n) is 3.99. The second kappa shape index (κ2) is 8.56. The molecule has 7 nitrogen and oxygen atoms in total. The second-order valence-corrected chi connectivity index (χ2v) is 7.20. The minimum absolute atomic E-state index is 0.110. The third-order valence-corrected chi connectivity index (χ3v) is 5.39. The molecule has 0 radical (unpaired) electrons. The Morgan fingerprint density at radius 2 is 1.96 bits per heavy atom. The monoisotopic (exact) mass is 383 g/mol. The van der Waals surface area contributed by atoms with Gasteiger partial charge in [0.2, 0.25) is 0 Å². The lowest BCUT2D eigenvalue weighted by Gasteiger charge is -2.43. The van der Waals surface area contributed by atoms with E-state index >= 15 is 0 Å². The number of hydrogen-bond acceptors (Lipinski definition) is 5. The number of carbonyl (C=O) groups is 1. The van der Waals surface area contributed by atoms with Crippen LogP contribution in [0, 0.1) is 0 Å². The standard InChI is InChI=1S/C21H25N3O4/c25-20-11-10-17(22-24(20)13-15-27-16-6-2-1-3-7-16)21(26)23-12-14-28-19-9-5-4-8-18(19)23/h1-3,6-7,10-11,18-19H,4-5,8-9,12-15H2. The molecule has 28 heavy (non-hydrogen) atoms. The van der Waals surface area contributed by atoms with Gasteiger partial charge in [-0.05, 0) is 31.0 Å². The highest BCUT2D eigenvalue weighted by Crippen LogP contribution is 2.29. The molecule has 2 fully saturated rings. The Kier molecular flexibility index (Phi) is 5.71. The predicted octanol–water partition coefficient (Wildman–Crippen LogP) is 2.11. The Morgan fingerprint density at radius 3 is 2.82 bits per heavy atom. The minimum atomic E-state index is -0.245. The number of ether oxygens (including phenoxy) is 2. The first kappa shape index (κ1) is 18.7. The van der Waals surface area contributed by atoms with Crippen LogP contribution in [0.5, 0.6) is 5.75 Å². The molecule has 1 saturated heterocycles. The Labute approximate surface area is 163 Å². The van der Waals surface area contributed by atoms with Gasteiger partial charge in [-0.1, -0.05) is 31.0 Å². The highest BCUT2D eigenvalue weighted by Gasteiger charge is 2.37. The van der Waals surface area contributed by atoms with Crippen LogP contribution in [0.1, 0.15) is 36.2 Å². The van der Waals surface area contributed by atoms with E-state index in [1.165, 1.54) is 16.8 Å². The molecule has 148 valence electrons. The molecule has 2 atom stereocenters. The molecular formula is C21H25N3O4. The molecule has 1 aromatic heterocycles. The molecule has 0 bridgehead atoms. The zero-order chi connectivity index (χ0) is 19.3. The van der Waals surface area contributed by atoms with Crippen molar-refractivity contribution in [1.82, 2.24) is 14.7 Å². The molecule has 2 aliphatic rings. The van der Waals surface area contributed by atoms with E-state index in [1.54, 1.807) is 0 Å². The van der Waals surface area contributed by atoms with Gasteiger partial charge in [0.05, 0.1) is 25.3 Å². The molecule has 4 rings (SSSR count). The maximum Gasteiger partial charge on any atom is 0.274 e. The maximum atomic E-state index is 13.1. The molecule has 1 aliphatic carbocycles. The highest BCUT2D eigenvalue weighted by molar-refractivity contribution is 5.92. The number of morpholine rings is 1. The van der Waals surface area contributed by atoms with E-state index in [1.807, 2.05) is 35.2 Å². The van der Waals surface area contributed by atoms with Crippen LogP contribution in [0.15, 0.2) is 47.3 Å². The van der Waals surface area contributed by atoms with E-state index < -0.39 is 0 Å². The number of nitrogens with zero attached hydrogens (tertiary/aromatic N) is 3. The average Bonchev–Trinajstić information content (AvgIpc) is 2.75. The first-order chi connectivity index (χ1) is 13.7. The van der Waals surface area contributed by atoms with Crippen LogP contribution < -0.4 is 10.3 Å². The zero-order valence-electron chi connectivity index (χ0n) is 15.8. The molecule has 1 saturated carbocycles. The molecule has 0 spiro atoms. The number of hydrogen-bond donors (Lipinski definition) is 0. The lowest BCUT2D eigenvalue weighted by atomic mass is 9.90. The molecule has 0 N–H and O–H groups in total. The average molecular weight is 383 g/mol. The molecule has 2 aromatic rings. The SMILES string of the molecule is O=C(c1ccc(=O)n(CCOc2ccccc2)n1)N1CCOC2CCCCC21. The van der Waals surface area contributed by atoms with E-state index in [0.717, 1.165) is 31.4 Å². The number of aromatic nitrogens is 2. The summed E-state index contributed by atoms with van der Waals surface area (Å²) in [6, 6.07) is 12.4. The first-order valence-corrected chi connectivity index (χ1v) is 9.91. The van der Waals surface area contributed by atoms with Gasteiger partial charge in [-0.25, -0.2) is 4.68 Å². The van der Waals surface area contributed by atoms with Crippen LogP contribution in [-0.2, 0) is 11.3 Å². The van der Waals surface area contributed by atoms with Gasteiger partial charge >= 0.3 is 0 Å². The Balaban J connectivity index is 1.45. The summed E-state index contributed by atoms with van der Waals surface area (Å²) in [6.07, 6.45) is 4.34. The van der Waals surface area contributed by atoms with Crippen LogP contribution >= 0.6 is 0 Å². The van der Waals surface area contributed by atoms with E-state index in [2.05, 4.69) is 5.10 Å². The third-order valence-electron chi connectivity index (χ3n) is 5.39. The normalized spacial score (nSPS) is 21.8. The van der Waals surface area contributed by atoms with Gasteiger partial charge in [0, 0.05) is 12.6 Å². The first-order valence-electron chi connectivity index (χ1n) is 9.91. The Hall–Kier alpha value is -2.67. The van der Waals surface area contributed by atoms with E-state index in [-0.39, 0.29) is 30.2 Å². The fraction of sp³-hybridized carbons (Fsp3) is 0.476.